The van der Waals surface area contributed by atoms with E-state index in [1.54, 1.807) is 13.3 Å². The first-order chi connectivity index (χ1) is 13.3. The van der Waals surface area contributed by atoms with Gasteiger partial charge in [-0.05, 0) is 42.2 Å². The van der Waals surface area contributed by atoms with Crippen LogP contribution in [0.4, 0.5) is 0 Å². The second kappa shape index (κ2) is 8.83. The Hall–Kier alpha value is -1.95. The molecule has 1 aromatic heterocycles. The third-order valence-electron chi connectivity index (χ3n) is 5.70. The Labute approximate surface area is 161 Å². The normalized spacial score (nSPS) is 25.3. The summed E-state index contributed by atoms with van der Waals surface area (Å²) in [5, 5.41) is 0. The first-order valence-corrected chi connectivity index (χ1v) is 9.79. The van der Waals surface area contributed by atoms with Crippen LogP contribution >= 0.6 is 0 Å². The molecule has 2 fully saturated rings. The molecule has 0 N–H and O–H groups in total. The Kier molecular flexibility index (Phi) is 6.02. The number of fused-ring (bicyclic) bond motifs is 1. The molecule has 144 valence electrons. The highest BCUT2D eigenvalue weighted by Crippen LogP contribution is 2.35. The highest BCUT2D eigenvalue weighted by Gasteiger charge is 2.42. The van der Waals surface area contributed by atoms with Crippen LogP contribution < -0.4 is 4.74 Å². The zero-order valence-corrected chi connectivity index (χ0v) is 15.9. The van der Waals surface area contributed by atoms with Gasteiger partial charge in [-0.1, -0.05) is 18.2 Å². The third kappa shape index (κ3) is 4.49. The molecular weight excluding hydrogens is 340 g/mol. The second-order valence-corrected chi connectivity index (χ2v) is 7.44. The van der Waals surface area contributed by atoms with Gasteiger partial charge in [0.25, 0.3) is 0 Å². The number of rotatable bonds is 7. The molecule has 1 saturated carbocycles. The molecule has 1 aliphatic carbocycles. The van der Waals surface area contributed by atoms with Gasteiger partial charge in [0.1, 0.15) is 5.75 Å². The van der Waals surface area contributed by atoms with Gasteiger partial charge in [-0.25, -0.2) is 0 Å². The van der Waals surface area contributed by atoms with E-state index < -0.39 is 0 Å². The molecule has 1 saturated heterocycles. The van der Waals surface area contributed by atoms with Crippen molar-refractivity contribution in [1.82, 2.24) is 9.88 Å². The van der Waals surface area contributed by atoms with Crippen LogP contribution in [0.15, 0.2) is 48.8 Å². The monoisotopic (exact) mass is 368 g/mol. The van der Waals surface area contributed by atoms with Gasteiger partial charge in [0.2, 0.25) is 0 Å². The molecule has 5 nitrogen and oxygen atoms in total. The Bertz CT molecular complexity index is 707. The summed E-state index contributed by atoms with van der Waals surface area (Å²) < 4.78 is 17.4. The SMILES string of the molecule is COc1ccc(CN2CCOC3C(COCc4cccnc4)CCC32)cc1. The molecule has 5 heteroatoms. The van der Waals surface area contributed by atoms with Crippen molar-refractivity contribution in [2.75, 3.05) is 26.9 Å². The molecule has 0 bridgehead atoms. The molecule has 4 rings (SSSR count). The van der Waals surface area contributed by atoms with Gasteiger partial charge in [0.15, 0.2) is 0 Å². The number of methoxy groups -OCH3 is 1. The minimum absolute atomic E-state index is 0.283. The number of aromatic nitrogens is 1. The van der Waals surface area contributed by atoms with Gasteiger partial charge < -0.3 is 14.2 Å². The highest BCUT2D eigenvalue weighted by molar-refractivity contribution is 5.27. The Morgan fingerprint density at radius 1 is 1.15 bits per heavy atom. The quantitative estimate of drug-likeness (QED) is 0.750. The zero-order valence-electron chi connectivity index (χ0n) is 15.9. The van der Waals surface area contributed by atoms with Crippen molar-refractivity contribution < 1.29 is 14.2 Å². The third-order valence-corrected chi connectivity index (χ3v) is 5.70. The summed E-state index contributed by atoms with van der Waals surface area (Å²) in [6.07, 6.45) is 6.29. The molecule has 1 aliphatic heterocycles. The number of morpholine rings is 1. The number of benzene rings is 1. The summed E-state index contributed by atoms with van der Waals surface area (Å²) in [6.45, 7) is 4.15. The Morgan fingerprint density at radius 2 is 2.04 bits per heavy atom. The lowest BCUT2D eigenvalue weighted by atomic mass is 10.0. The van der Waals surface area contributed by atoms with E-state index in [2.05, 4.69) is 28.1 Å². The van der Waals surface area contributed by atoms with Crippen LogP contribution in [-0.4, -0.2) is 48.9 Å². The first-order valence-electron chi connectivity index (χ1n) is 9.79. The summed E-state index contributed by atoms with van der Waals surface area (Å²) in [7, 11) is 1.70. The fraction of sp³-hybridized carbons (Fsp3) is 0.500. The molecule has 27 heavy (non-hydrogen) atoms. The van der Waals surface area contributed by atoms with E-state index in [0.29, 0.717) is 18.6 Å². The largest absolute Gasteiger partial charge is 0.497 e. The van der Waals surface area contributed by atoms with E-state index in [1.165, 1.54) is 18.4 Å². The molecule has 3 unspecified atom stereocenters. The molecule has 0 amide bonds. The lowest BCUT2D eigenvalue weighted by Crippen LogP contribution is -2.50. The number of ether oxygens (including phenoxy) is 3. The van der Waals surface area contributed by atoms with Crippen molar-refractivity contribution in [2.45, 2.75) is 38.1 Å². The lowest BCUT2D eigenvalue weighted by molar-refractivity contribution is -0.0891. The van der Waals surface area contributed by atoms with Gasteiger partial charge >= 0.3 is 0 Å². The first kappa shape index (κ1) is 18.4. The summed E-state index contributed by atoms with van der Waals surface area (Å²) >= 11 is 0. The number of pyridine rings is 1. The van der Waals surface area contributed by atoms with Crippen molar-refractivity contribution in [3.05, 3.63) is 59.9 Å². The second-order valence-electron chi connectivity index (χ2n) is 7.44. The van der Waals surface area contributed by atoms with E-state index in [0.717, 1.165) is 37.6 Å². The Balaban J connectivity index is 1.31. The van der Waals surface area contributed by atoms with Gasteiger partial charge in [0, 0.05) is 37.4 Å². The van der Waals surface area contributed by atoms with E-state index >= 15 is 0 Å². The molecule has 0 radical (unpaired) electrons. The number of hydrogen-bond donors (Lipinski definition) is 0. The van der Waals surface area contributed by atoms with Crippen molar-refractivity contribution in [2.24, 2.45) is 5.92 Å². The molecule has 3 atom stereocenters. The van der Waals surface area contributed by atoms with E-state index in [1.807, 2.05) is 24.4 Å². The van der Waals surface area contributed by atoms with E-state index in [4.69, 9.17) is 14.2 Å². The van der Waals surface area contributed by atoms with Crippen LogP contribution in [0.5, 0.6) is 5.75 Å². The zero-order chi connectivity index (χ0) is 18.5. The molecule has 2 aromatic rings. The van der Waals surface area contributed by atoms with Crippen molar-refractivity contribution >= 4 is 0 Å². The minimum Gasteiger partial charge on any atom is -0.497 e. The molecule has 0 spiro atoms. The molecular formula is C22H28N2O3. The van der Waals surface area contributed by atoms with E-state index in [9.17, 15) is 0 Å². The average molecular weight is 368 g/mol. The topological polar surface area (TPSA) is 43.8 Å². The summed E-state index contributed by atoms with van der Waals surface area (Å²) in [6, 6.07) is 12.9. The fourth-order valence-electron chi connectivity index (χ4n) is 4.29. The van der Waals surface area contributed by atoms with Gasteiger partial charge in [-0.15, -0.1) is 0 Å². The van der Waals surface area contributed by atoms with Gasteiger partial charge in [0.05, 0.1) is 33.0 Å². The standard InChI is InChI=1S/C22H28N2O3/c1-25-20-7-4-17(5-8-20)14-24-11-12-27-22-19(6-9-21(22)24)16-26-15-18-3-2-10-23-13-18/h2-5,7-8,10,13,19,21-22H,6,9,11-12,14-16H2,1H3. The average Bonchev–Trinajstić information content (AvgIpc) is 3.14. The predicted octanol–water partition coefficient (Wildman–Crippen LogP) is 3.29. The number of nitrogens with zero attached hydrogens (tertiary/aromatic N) is 2. The maximum Gasteiger partial charge on any atom is 0.118 e. The molecule has 2 aliphatic rings. The van der Waals surface area contributed by atoms with Gasteiger partial charge in [-0.3, -0.25) is 9.88 Å². The van der Waals surface area contributed by atoms with Crippen molar-refractivity contribution in [1.29, 1.82) is 0 Å². The predicted molar refractivity (Wildman–Crippen MR) is 104 cm³/mol. The van der Waals surface area contributed by atoms with Crippen molar-refractivity contribution in [3.63, 3.8) is 0 Å². The van der Waals surface area contributed by atoms with Crippen LogP contribution in [0.3, 0.4) is 0 Å². The van der Waals surface area contributed by atoms with Crippen LogP contribution in [0.25, 0.3) is 0 Å². The summed E-state index contributed by atoms with van der Waals surface area (Å²) in [4.78, 5) is 6.72. The number of hydrogen-bond acceptors (Lipinski definition) is 5. The summed E-state index contributed by atoms with van der Waals surface area (Å²) in [5.74, 6) is 1.38. The smallest absolute Gasteiger partial charge is 0.118 e. The fourth-order valence-corrected chi connectivity index (χ4v) is 4.29. The van der Waals surface area contributed by atoms with E-state index in [-0.39, 0.29) is 6.10 Å². The minimum atomic E-state index is 0.283. The lowest BCUT2D eigenvalue weighted by Gasteiger charge is -2.39. The maximum atomic E-state index is 6.17. The molecule has 1 aromatic carbocycles. The Morgan fingerprint density at radius 3 is 2.81 bits per heavy atom. The molecule has 2 heterocycles. The maximum absolute atomic E-state index is 6.17. The van der Waals surface area contributed by atoms with Crippen LogP contribution in [-0.2, 0) is 22.6 Å². The van der Waals surface area contributed by atoms with Crippen LogP contribution in [0.2, 0.25) is 0 Å². The highest BCUT2D eigenvalue weighted by atomic mass is 16.5. The van der Waals surface area contributed by atoms with Crippen LogP contribution in [0, 0.1) is 5.92 Å². The van der Waals surface area contributed by atoms with Crippen molar-refractivity contribution in [3.8, 4) is 5.75 Å². The van der Waals surface area contributed by atoms with Crippen LogP contribution in [0.1, 0.15) is 24.0 Å². The van der Waals surface area contributed by atoms with Gasteiger partial charge in [-0.2, -0.15) is 0 Å². The summed E-state index contributed by atoms with van der Waals surface area (Å²) in [5.41, 5.74) is 2.45.